The Hall–Kier alpha value is -2.03. The lowest BCUT2D eigenvalue weighted by molar-refractivity contribution is -0.385. The lowest BCUT2D eigenvalue weighted by atomic mass is 10.1. The molecule has 0 saturated carbocycles. The Morgan fingerprint density at radius 1 is 1.39 bits per heavy atom. The Kier molecular flexibility index (Phi) is 6.20. The number of sulfone groups is 1. The highest BCUT2D eigenvalue weighted by molar-refractivity contribution is 7.91. The fourth-order valence-electron chi connectivity index (χ4n) is 2.18. The van der Waals surface area contributed by atoms with Crippen molar-refractivity contribution in [3.05, 3.63) is 39.7 Å². The van der Waals surface area contributed by atoms with Gasteiger partial charge in [-0.3, -0.25) is 14.9 Å². The van der Waals surface area contributed by atoms with Gasteiger partial charge in [-0.1, -0.05) is 6.92 Å². The predicted octanol–water partition coefficient (Wildman–Crippen LogP) is 2.02. The van der Waals surface area contributed by atoms with Crippen LogP contribution in [0.2, 0.25) is 0 Å². The van der Waals surface area contributed by atoms with Crippen LogP contribution in [0.4, 0.5) is 10.1 Å². The molecule has 0 bridgehead atoms. The van der Waals surface area contributed by atoms with E-state index in [0.29, 0.717) is 6.07 Å². The molecule has 1 amide bonds. The van der Waals surface area contributed by atoms with Crippen molar-refractivity contribution < 1.29 is 22.5 Å². The fourth-order valence-corrected chi connectivity index (χ4v) is 3.33. The van der Waals surface area contributed by atoms with Crippen LogP contribution < -0.4 is 0 Å². The molecule has 0 fully saturated rings. The van der Waals surface area contributed by atoms with Crippen LogP contribution in [0, 0.1) is 15.9 Å². The number of nitrogens with zero attached hydrogens (tertiary/aromatic N) is 2. The maximum absolute atomic E-state index is 14.0. The first kappa shape index (κ1) is 19.0. The highest BCUT2D eigenvalue weighted by Gasteiger charge is 2.26. The molecule has 23 heavy (non-hydrogen) atoms. The summed E-state index contributed by atoms with van der Waals surface area (Å²) in [5.74, 6) is -1.97. The number of carbonyl (C=O) groups is 1. The summed E-state index contributed by atoms with van der Waals surface area (Å²) in [5, 5.41) is 10.6. The van der Waals surface area contributed by atoms with Crippen LogP contribution in [0.3, 0.4) is 0 Å². The normalized spacial score (nSPS) is 12.7. The number of hydrogen-bond donors (Lipinski definition) is 0. The summed E-state index contributed by atoms with van der Waals surface area (Å²) in [6.07, 6.45) is 0. The average Bonchev–Trinajstić information content (AvgIpc) is 2.47. The zero-order valence-corrected chi connectivity index (χ0v) is 14.0. The van der Waals surface area contributed by atoms with Crippen molar-refractivity contribution in [3.63, 3.8) is 0 Å². The van der Waals surface area contributed by atoms with E-state index in [1.807, 2.05) is 0 Å². The van der Waals surface area contributed by atoms with Crippen LogP contribution in [-0.2, 0) is 9.84 Å². The third kappa shape index (κ3) is 4.72. The Balaban J connectivity index is 3.07. The molecule has 0 saturated heterocycles. The Morgan fingerprint density at radius 2 is 2.00 bits per heavy atom. The molecule has 128 valence electrons. The van der Waals surface area contributed by atoms with E-state index in [1.165, 1.54) is 11.8 Å². The number of non-ortho nitro benzene ring substituents is 1. The number of carbonyl (C=O) groups excluding carboxylic acids is 1. The summed E-state index contributed by atoms with van der Waals surface area (Å²) in [7, 11) is -3.29. The van der Waals surface area contributed by atoms with Crippen molar-refractivity contribution >= 4 is 21.4 Å². The van der Waals surface area contributed by atoms with Gasteiger partial charge >= 0.3 is 0 Å². The third-order valence-electron chi connectivity index (χ3n) is 3.46. The van der Waals surface area contributed by atoms with Crippen molar-refractivity contribution in [2.75, 3.05) is 18.1 Å². The Labute approximate surface area is 134 Å². The number of hydrogen-bond acceptors (Lipinski definition) is 5. The SMILES string of the molecule is CCN(C(=O)c1ccc([N+](=O)[O-])cc1F)C(C)CS(=O)(=O)CC. The first-order valence-corrected chi connectivity index (χ1v) is 8.90. The molecular weight excluding hydrogens is 327 g/mol. The van der Waals surface area contributed by atoms with Crippen molar-refractivity contribution in [1.29, 1.82) is 0 Å². The summed E-state index contributed by atoms with van der Waals surface area (Å²) in [5.41, 5.74) is -0.776. The van der Waals surface area contributed by atoms with Gasteiger partial charge in [0.2, 0.25) is 0 Å². The monoisotopic (exact) mass is 346 g/mol. The van der Waals surface area contributed by atoms with E-state index in [4.69, 9.17) is 0 Å². The molecule has 0 N–H and O–H groups in total. The minimum Gasteiger partial charge on any atom is -0.335 e. The molecule has 1 aromatic carbocycles. The molecule has 0 heterocycles. The van der Waals surface area contributed by atoms with Gasteiger partial charge in [0.25, 0.3) is 11.6 Å². The van der Waals surface area contributed by atoms with Gasteiger partial charge in [-0.15, -0.1) is 0 Å². The van der Waals surface area contributed by atoms with Gasteiger partial charge < -0.3 is 4.90 Å². The summed E-state index contributed by atoms with van der Waals surface area (Å²) in [6.45, 7) is 4.92. The summed E-state index contributed by atoms with van der Waals surface area (Å²) in [6, 6.07) is 2.12. The van der Waals surface area contributed by atoms with Crippen LogP contribution in [0.5, 0.6) is 0 Å². The standard InChI is InChI=1S/C14H19FN2O5S/c1-4-16(10(3)9-23(21,22)5-2)14(18)12-7-6-11(17(19)20)8-13(12)15/h6-8,10H,4-5,9H2,1-3H3. The van der Waals surface area contributed by atoms with E-state index in [-0.39, 0.29) is 23.6 Å². The highest BCUT2D eigenvalue weighted by atomic mass is 32.2. The second-order valence-corrected chi connectivity index (χ2v) is 7.46. The van der Waals surface area contributed by atoms with Gasteiger partial charge in [-0.2, -0.15) is 0 Å². The minimum atomic E-state index is -3.29. The second kappa shape index (κ2) is 7.49. The minimum absolute atomic E-state index is 0.0466. The molecular formula is C14H19FN2O5S. The average molecular weight is 346 g/mol. The molecule has 7 nitrogen and oxygen atoms in total. The molecule has 1 aromatic rings. The Morgan fingerprint density at radius 3 is 2.43 bits per heavy atom. The molecule has 0 spiro atoms. The van der Waals surface area contributed by atoms with Crippen LogP contribution in [0.25, 0.3) is 0 Å². The summed E-state index contributed by atoms with van der Waals surface area (Å²) >= 11 is 0. The molecule has 0 aliphatic carbocycles. The maximum Gasteiger partial charge on any atom is 0.272 e. The molecule has 0 aromatic heterocycles. The van der Waals surface area contributed by atoms with E-state index in [1.54, 1.807) is 13.8 Å². The van der Waals surface area contributed by atoms with Gasteiger partial charge in [0, 0.05) is 24.4 Å². The molecule has 1 unspecified atom stereocenters. The van der Waals surface area contributed by atoms with E-state index in [2.05, 4.69) is 0 Å². The molecule has 9 heteroatoms. The first-order valence-electron chi connectivity index (χ1n) is 7.08. The molecule has 0 aliphatic rings. The van der Waals surface area contributed by atoms with Crippen molar-refractivity contribution in [2.45, 2.75) is 26.8 Å². The second-order valence-electron chi connectivity index (χ2n) is 5.06. The lowest BCUT2D eigenvalue weighted by Crippen LogP contribution is -2.42. The fraction of sp³-hybridized carbons (Fsp3) is 0.500. The van der Waals surface area contributed by atoms with Crippen LogP contribution in [0.1, 0.15) is 31.1 Å². The summed E-state index contributed by atoms with van der Waals surface area (Å²) in [4.78, 5) is 23.5. The van der Waals surface area contributed by atoms with Crippen LogP contribution in [-0.4, -0.2) is 48.2 Å². The lowest BCUT2D eigenvalue weighted by Gasteiger charge is -2.28. The number of amides is 1. The summed E-state index contributed by atoms with van der Waals surface area (Å²) < 4.78 is 37.3. The maximum atomic E-state index is 14.0. The molecule has 1 atom stereocenters. The first-order chi connectivity index (χ1) is 10.6. The number of benzene rings is 1. The smallest absolute Gasteiger partial charge is 0.272 e. The van der Waals surface area contributed by atoms with E-state index >= 15 is 0 Å². The van der Waals surface area contributed by atoms with Crippen LogP contribution >= 0.6 is 0 Å². The van der Waals surface area contributed by atoms with Gasteiger partial charge in [0.15, 0.2) is 9.84 Å². The van der Waals surface area contributed by atoms with Gasteiger partial charge in [-0.25, -0.2) is 12.8 Å². The molecule has 0 aliphatic heterocycles. The van der Waals surface area contributed by atoms with Crippen molar-refractivity contribution in [3.8, 4) is 0 Å². The molecule has 0 radical (unpaired) electrons. The van der Waals surface area contributed by atoms with Gasteiger partial charge in [0.1, 0.15) is 5.82 Å². The number of nitro benzene ring substituents is 1. The highest BCUT2D eigenvalue weighted by Crippen LogP contribution is 2.19. The van der Waals surface area contributed by atoms with Gasteiger partial charge in [-0.05, 0) is 19.9 Å². The Bertz CT molecular complexity index is 705. The number of halogens is 1. The zero-order valence-electron chi connectivity index (χ0n) is 13.2. The predicted molar refractivity (Wildman–Crippen MR) is 83.6 cm³/mol. The molecule has 1 rings (SSSR count). The quantitative estimate of drug-likeness (QED) is 0.556. The van der Waals surface area contributed by atoms with Crippen molar-refractivity contribution in [2.24, 2.45) is 0 Å². The van der Waals surface area contributed by atoms with Crippen molar-refractivity contribution in [1.82, 2.24) is 4.90 Å². The van der Waals surface area contributed by atoms with Crippen LogP contribution in [0.15, 0.2) is 18.2 Å². The number of rotatable bonds is 7. The van der Waals surface area contributed by atoms with E-state index in [9.17, 15) is 27.7 Å². The zero-order chi connectivity index (χ0) is 17.8. The largest absolute Gasteiger partial charge is 0.335 e. The third-order valence-corrected chi connectivity index (χ3v) is 5.33. The van der Waals surface area contributed by atoms with Gasteiger partial charge in [0.05, 0.1) is 22.3 Å². The van der Waals surface area contributed by atoms with E-state index < -0.39 is 38.2 Å². The van der Waals surface area contributed by atoms with E-state index in [0.717, 1.165) is 12.1 Å². The topological polar surface area (TPSA) is 97.6 Å². The number of nitro groups is 1.